The van der Waals surface area contributed by atoms with Crippen LogP contribution < -0.4 is 10.9 Å². The van der Waals surface area contributed by atoms with Gasteiger partial charge in [0.15, 0.2) is 15.7 Å². The number of thiazole rings is 1. The van der Waals surface area contributed by atoms with Gasteiger partial charge < -0.3 is 0 Å². The minimum atomic E-state index is -3.44. The zero-order chi connectivity index (χ0) is 18.2. The quantitative estimate of drug-likeness (QED) is 0.677. The number of anilines is 1. The van der Waals surface area contributed by atoms with Gasteiger partial charge in [0, 0.05) is 17.9 Å². The summed E-state index contributed by atoms with van der Waals surface area (Å²) in [5.74, 6) is -2.12. The lowest BCUT2D eigenvalue weighted by Gasteiger charge is -2.06. The molecule has 0 fully saturated rings. The van der Waals surface area contributed by atoms with E-state index in [4.69, 9.17) is 0 Å². The Kier molecular flexibility index (Phi) is 4.39. The molecule has 0 bridgehead atoms. The highest BCUT2D eigenvalue weighted by Gasteiger charge is 2.13. The third-order valence-electron chi connectivity index (χ3n) is 3.22. The van der Waals surface area contributed by atoms with Crippen molar-refractivity contribution in [3.8, 4) is 0 Å². The lowest BCUT2D eigenvalue weighted by Crippen LogP contribution is -2.29. The van der Waals surface area contributed by atoms with E-state index in [9.17, 15) is 22.0 Å². The van der Waals surface area contributed by atoms with Crippen molar-refractivity contribution < 1.29 is 22.0 Å². The number of nitrogens with one attached hydrogen (secondary N) is 2. The van der Waals surface area contributed by atoms with Gasteiger partial charge in [-0.25, -0.2) is 22.2 Å². The molecule has 2 N–H and O–H groups in total. The number of nitrogens with zero attached hydrogens (tertiary/aromatic N) is 1. The zero-order valence-electron chi connectivity index (χ0n) is 12.7. The largest absolute Gasteiger partial charge is 0.273 e. The summed E-state index contributed by atoms with van der Waals surface area (Å²) in [4.78, 5) is 16.1. The van der Waals surface area contributed by atoms with Crippen LogP contribution in [0.25, 0.3) is 10.2 Å². The van der Waals surface area contributed by atoms with Crippen LogP contribution in [0.15, 0.2) is 41.3 Å². The number of hydrogen-bond acceptors (Lipinski definition) is 6. The Morgan fingerprint density at radius 1 is 1.20 bits per heavy atom. The van der Waals surface area contributed by atoms with Crippen LogP contribution in [0, 0.1) is 11.6 Å². The van der Waals surface area contributed by atoms with Gasteiger partial charge in [0.2, 0.25) is 5.13 Å². The summed E-state index contributed by atoms with van der Waals surface area (Å²) < 4.78 is 50.1. The standard InChI is InChI=1S/C15H11F2N3O3S2/c1-25(22,23)10-4-2-3-8(5-10)14(21)19-20-15-18-13-11(17)6-9(16)7-12(13)24-15/h2-7H,1H3,(H,18,20)(H,19,21). The first-order valence-corrected chi connectivity index (χ1v) is 9.57. The first-order valence-electron chi connectivity index (χ1n) is 6.86. The Balaban J connectivity index is 1.78. The van der Waals surface area contributed by atoms with E-state index in [0.717, 1.165) is 29.7 Å². The lowest BCUT2D eigenvalue weighted by molar-refractivity contribution is 0.0962. The van der Waals surface area contributed by atoms with Gasteiger partial charge >= 0.3 is 0 Å². The predicted octanol–water partition coefficient (Wildman–Crippen LogP) is 2.73. The van der Waals surface area contributed by atoms with Crippen LogP contribution in [0.5, 0.6) is 0 Å². The second-order valence-corrected chi connectivity index (χ2v) is 8.18. The van der Waals surface area contributed by atoms with Crippen LogP contribution in [0.2, 0.25) is 0 Å². The van der Waals surface area contributed by atoms with E-state index in [1.165, 1.54) is 24.3 Å². The molecule has 0 radical (unpaired) electrons. The van der Waals surface area contributed by atoms with Gasteiger partial charge in [-0.15, -0.1) is 0 Å². The van der Waals surface area contributed by atoms with Crippen molar-refractivity contribution in [2.24, 2.45) is 0 Å². The number of sulfone groups is 1. The summed E-state index contributed by atoms with van der Waals surface area (Å²) >= 11 is 0.957. The first kappa shape index (κ1) is 17.2. The highest BCUT2D eigenvalue weighted by Crippen LogP contribution is 2.28. The van der Waals surface area contributed by atoms with Crippen LogP contribution in [-0.4, -0.2) is 25.6 Å². The third kappa shape index (κ3) is 3.74. The number of halogens is 2. The van der Waals surface area contributed by atoms with Crippen LogP contribution >= 0.6 is 11.3 Å². The van der Waals surface area contributed by atoms with Gasteiger partial charge in [-0.2, -0.15) is 0 Å². The van der Waals surface area contributed by atoms with E-state index >= 15 is 0 Å². The second kappa shape index (κ2) is 6.37. The summed E-state index contributed by atoms with van der Waals surface area (Å²) in [7, 11) is -3.44. The number of rotatable bonds is 4. The number of amides is 1. The number of hydrogen-bond donors (Lipinski definition) is 2. The summed E-state index contributed by atoms with van der Waals surface area (Å²) in [6, 6.07) is 7.37. The van der Waals surface area contributed by atoms with Crippen LogP contribution in [0.1, 0.15) is 10.4 Å². The number of benzene rings is 2. The molecule has 6 nitrogen and oxygen atoms in total. The monoisotopic (exact) mass is 383 g/mol. The number of hydrazine groups is 1. The van der Waals surface area contributed by atoms with E-state index in [-0.39, 0.29) is 25.8 Å². The Morgan fingerprint density at radius 2 is 1.96 bits per heavy atom. The Hall–Kier alpha value is -2.59. The molecule has 0 aliphatic rings. The van der Waals surface area contributed by atoms with Crippen molar-refractivity contribution in [1.29, 1.82) is 0 Å². The average Bonchev–Trinajstić information content (AvgIpc) is 2.95. The third-order valence-corrected chi connectivity index (χ3v) is 5.25. The maximum absolute atomic E-state index is 13.6. The fourth-order valence-corrected chi connectivity index (χ4v) is 3.59. The maximum atomic E-state index is 13.6. The molecule has 3 aromatic rings. The molecule has 0 spiro atoms. The van der Waals surface area contributed by atoms with Crippen molar-refractivity contribution >= 4 is 42.4 Å². The van der Waals surface area contributed by atoms with Crippen molar-refractivity contribution in [1.82, 2.24) is 10.4 Å². The van der Waals surface area contributed by atoms with E-state index in [2.05, 4.69) is 15.8 Å². The van der Waals surface area contributed by atoms with E-state index in [1.54, 1.807) is 0 Å². The molecule has 0 aliphatic carbocycles. The van der Waals surface area contributed by atoms with E-state index in [1.807, 2.05) is 0 Å². The molecule has 2 aromatic carbocycles. The van der Waals surface area contributed by atoms with Crippen LogP contribution in [0.3, 0.4) is 0 Å². The van der Waals surface area contributed by atoms with E-state index < -0.39 is 27.4 Å². The highest BCUT2D eigenvalue weighted by molar-refractivity contribution is 7.90. The molecule has 0 unspecified atom stereocenters. The van der Waals surface area contributed by atoms with Gasteiger partial charge in [-0.05, 0) is 24.3 Å². The van der Waals surface area contributed by atoms with Crippen molar-refractivity contribution in [2.45, 2.75) is 4.90 Å². The first-order chi connectivity index (χ1) is 11.7. The van der Waals surface area contributed by atoms with Gasteiger partial charge in [0.05, 0.1) is 9.60 Å². The van der Waals surface area contributed by atoms with Gasteiger partial charge in [-0.1, -0.05) is 17.4 Å². The molecular weight excluding hydrogens is 372 g/mol. The fraction of sp³-hybridized carbons (Fsp3) is 0.0667. The molecule has 3 rings (SSSR count). The number of carbonyl (C=O) groups excluding carboxylic acids is 1. The number of aromatic nitrogens is 1. The molecule has 1 amide bonds. The van der Waals surface area contributed by atoms with Crippen molar-refractivity contribution in [3.63, 3.8) is 0 Å². The second-order valence-electron chi connectivity index (χ2n) is 5.13. The Morgan fingerprint density at radius 3 is 2.68 bits per heavy atom. The Labute approximate surface area is 145 Å². The van der Waals surface area contributed by atoms with Crippen LogP contribution in [0.4, 0.5) is 13.9 Å². The van der Waals surface area contributed by atoms with E-state index in [0.29, 0.717) is 0 Å². The molecule has 0 saturated heterocycles. The molecule has 0 saturated carbocycles. The number of fused-ring (bicyclic) bond motifs is 1. The highest BCUT2D eigenvalue weighted by atomic mass is 32.2. The lowest BCUT2D eigenvalue weighted by atomic mass is 10.2. The van der Waals surface area contributed by atoms with Crippen molar-refractivity contribution in [2.75, 3.05) is 11.7 Å². The van der Waals surface area contributed by atoms with Crippen molar-refractivity contribution in [3.05, 3.63) is 53.6 Å². The number of carbonyl (C=O) groups is 1. The smallest absolute Gasteiger partial charge is 0.269 e. The SMILES string of the molecule is CS(=O)(=O)c1cccc(C(=O)NNc2nc3c(F)cc(F)cc3s2)c1. The Bertz CT molecular complexity index is 1080. The summed E-state index contributed by atoms with van der Waals surface area (Å²) in [5.41, 5.74) is 4.95. The minimum Gasteiger partial charge on any atom is -0.273 e. The maximum Gasteiger partial charge on any atom is 0.269 e. The molecule has 25 heavy (non-hydrogen) atoms. The summed E-state index contributed by atoms with van der Waals surface area (Å²) in [6.45, 7) is 0. The van der Waals surface area contributed by atoms with Gasteiger partial charge in [-0.3, -0.25) is 15.6 Å². The zero-order valence-corrected chi connectivity index (χ0v) is 14.3. The molecule has 10 heteroatoms. The molecule has 1 heterocycles. The molecule has 0 atom stereocenters. The predicted molar refractivity (Wildman–Crippen MR) is 90.2 cm³/mol. The fourth-order valence-electron chi connectivity index (χ4n) is 2.06. The molecule has 0 aliphatic heterocycles. The minimum absolute atomic E-state index is 0.0117. The van der Waals surface area contributed by atoms with Gasteiger partial charge in [0.25, 0.3) is 5.91 Å². The average molecular weight is 383 g/mol. The normalized spacial score (nSPS) is 11.5. The summed E-state index contributed by atoms with van der Waals surface area (Å²) in [5, 5.41) is 0.159. The summed E-state index contributed by atoms with van der Waals surface area (Å²) in [6.07, 6.45) is 1.04. The van der Waals surface area contributed by atoms with Gasteiger partial charge in [0.1, 0.15) is 11.3 Å². The molecular formula is C15H11F2N3O3S2. The molecule has 1 aromatic heterocycles. The topological polar surface area (TPSA) is 88.2 Å². The molecule has 130 valence electrons. The van der Waals surface area contributed by atoms with Crippen LogP contribution in [-0.2, 0) is 9.84 Å².